The molecule has 2 aliphatic carbocycles. The summed E-state index contributed by atoms with van der Waals surface area (Å²) in [5.74, 6) is 0.425. The third-order valence-corrected chi connectivity index (χ3v) is 9.64. The number of piperidine rings is 1. The molecule has 1 aromatic carbocycles. The third-order valence-electron chi connectivity index (χ3n) is 9.64. The molecule has 0 aromatic heterocycles. The monoisotopic (exact) mass is 612 g/mol. The highest BCUT2D eigenvalue weighted by atomic mass is 16.5. The molecule has 0 unspecified atom stereocenters. The highest BCUT2D eigenvalue weighted by molar-refractivity contribution is 6.04. The van der Waals surface area contributed by atoms with Crippen LogP contribution >= 0.6 is 0 Å². The number of ether oxygens (including phenoxy) is 3. The Hall–Kier alpha value is -2.69. The second-order valence-electron chi connectivity index (χ2n) is 13.5. The first kappa shape index (κ1) is 32.7. The van der Waals surface area contributed by atoms with E-state index in [9.17, 15) is 14.4 Å². The molecule has 3 fully saturated rings. The molecule has 2 heterocycles. The van der Waals surface area contributed by atoms with Crippen LogP contribution in [0.5, 0.6) is 5.75 Å². The van der Waals surface area contributed by atoms with Crippen LogP contribution in [0.25, 0.3) is 0 Å². The van der Waals surface area contributed by atoms with Crippen molar-refractivity contribution >= 4 is 29.1 Å². The molecule has 44 heavy (non-hydrogen) atoms. The molecule has 0 radical (unpaired) electrons. The van der Waals surface area contributed by atoms with Crippen molar-refractivity contribution in [2.24, 2.45) is 17.8 Å². The summed E-state index contributed by atoms with van der Waals surface area (Å²) in [4.78, 5) is 44.8. The Labute approximate surface area is 262 Å². The highest BCUT2D eigenvalue weighted by Gasteiger charge is 2.43. The zero-order valence-corrected chi connectivity index (χ0v) is 27.1. The van der Waals surface area contributed by atoms with Crippen molar-refractivity contribution in [1.29, 1.82) is 0 Å². The summed E-state index contributed by atoms with van der Waals surface area (Å²) in [6.45, 7) is 8.87. The molecule has 0 bridgehead atoms. The smallest absolute Gasteiger partial charge is 0.270 e. The van der Waals surface area contributed by atoms with E-state index in [0.29, 0.717) is 69.7 Å². The molecular formula is C34H52N4O6. The summed E-state index contributed by atoms with van der Waals surface area (Å²) in [5, 5.41) is 6.71. The largest absolute Gasteiger partial charge is 0.476 e. The fraction of sp³-hybridized carbons (Fsp3) is 0.735. The van der Waals surface area contributed by atoms with Gasteiger partial charge in [-0.2, -0.15) is 0 Å². The van der Waals surface area contributed by atoms with Crippen molar-refractivity contribution in [3.63, 3.8) is 0 Å². The number of benzene rings is 1. The first-order chi connectivity index (χ1) is 21.2. The number of nitrogens with one attached hydrogen (secondary N) is 2. The molecule has 10 nitrogen and oxygen atoms in total. The first-order valence-electron chi connectivity index (χ1n) is 16.8. The van der Waals surface area contributed by atoms with Gasteiger partial charge in [0.25, 0.3) is 5.91 Å². The fourth-order valence-corrected chi connectivity index (χ4v) is 7.05. The van der Waals surface area contributed by atoms with Gasteiger partial charge in [-0.25, -0.2) is 0 Å². The predicted molar refractivity (Wildman–Crippen MR) is 170 cm³/mol. The Kier molecular flexibility index (Phi) is 10.9. The summed E-state index contributed by atoms with van der Waals surface area (Å²) >= 11 is 0. The predicted octanol–water partition coefficient (Wildman–Crippen LogP) is 4.05. The van der Waals surface area contributed by atoms with Gasteiger partial charge >= 0.3 is 0 Å². The average molecular weight is 613 g/mol. The molecule has 0 spiro atoms. The molecule has 2 saturated carbocycles. The highest BCUT2D eigenvalue weighted by Crippen LogP contribution is 2.43. The molecule has 1 aromatic rings. The number of hydrogen-bond acceptors (Lipinski definition) is 7. The number of nitrogens with zero attached hydrogens (tertiary/aromatic N) is 2. The van der Waals surface area contributed by atoms with Crippen molar-refractivity contribution in [3.05, 3.63) is 18.2 Å². The van der Waals surface area contributed by atoms with Gasteiger partial charge in [-0.3, -0.25) is 14.4 Å². The van der Waals surface area contributed by atoms with Crippen molar-refractivity contribution in [2.75, 3.05) is 56.4 Å². The van der Waals surface area contributed by atoms with Crippen LogP contribution in [0.4, 0.5) is 11.4 Å². The van der Waals surface area contributed by atoms with Crippen molar-refractivity contribution < 1.29 is 28.6 Å². The Morgan fingerprint density at radius 1 is 1.14 bits per heavy atom. The molecule has 3 amide bonds. The van der Waals surface area contributed by atoms with E-state index in [-0.39, 0.29) is 41.6 Å². The quantitative estimate of drug-likeness (QED) is 0.324. The van der Waals surface area contributed by atoms with Crippen molar-refractivity contribution in [3.8, 4) is 5.75 Å². The summed E-state index contributed by atoms with van der Waals surface area (Å²) in [6.07, 6.45) is 8.99. The van der Waals surface area contributed by atoms with Gasteiger partial charge in [0.15, 0.2) is 5.60 Å². The Morgan fingerprint density at radius 2 is 1.89 bits per heavy atom. The normalized spacial score (nSPS) is 24.3. The maximum absolute atomic E-state index is 14.2. The van der Waals surface area contributed by atoms with Gasteiger partial charge in [0.2, 0.25) is 11.8 Å². The van der Waals surface area contributed by atoms with Gasteiger partial charge in [-0.15, -0.1) is 0 Å². The van der Waals surface area contributed by atoms with Crippen molar-refractivity contribution in [1.82, 2.24) is 10.6 Å². The van der Waals surface area contributed by atoms with E-state index in [1.807, 2.05) is 30.0 Å². The van der Waals surface area contributed by atoms with Gasteiger partial charge in [-0.1, -0.05) is 19.3 Å². The molecule has 4 aliphatic rings. The molecular weight excluding hydrogens is 560 g/mol. The minimum Gasteiger partial charge on any atom is -0.476 e. The van der Waals surface area contributed by atoms with Gasteiger partial charge < -0.3 is 34.6 Å². The van der Waals surface area contributed by atoms with Crippen molar-refractivity contribution in [2.45, 2.75) is 96.2 Å². The van der Waals surface area contributed by atoms with E-state index < -0.39 is 5.60 Å². The van der Waals surface area contributed by atoms with E-state index >= 15 is 0 Å². The van der Waals surface area contributed by atoms with Gasteiger partial charge in [0, 0.05) is 51.7 Å². The second kappa shape index (κ2) is 14.6. The molecule has 3 atom stereocenters. The maximum atomic E-state index is 14.2. The lowest BCUT2D eigenvalue weighted by atomic mass is 9.83. The number of carbonyl (C=O) groups is 3. The Morgan fingerprint density at radius 3 is 2.59 bits per heavy atom. The summed E-state index contributed by atoms with van der Waals surface area (Å²) in [5.41, 5.74) is 0.475. The van der Waals surface area contributed by atoms with Crippen LogP contribution in [-0.2, 0) is 23.9 Å². The van der Waals surface area contributed by atoms with E-state index in [2.05, 4.69) is 10.6 Å². The first-order valence-corrected chi connectivity index (χ1v) is 16.8. The number of carbonyl (C=O) groups excluding carboxylic acids is 3. The van der Waals surface area contributed by atoms with Gasteiger partial charge in [0.1, 0.15) is 5.75 Å². The standard InChI is InChI=1S/C34H52N4O6/c1-5-43-22-28(23-10-7-6-8-11-23)36-31(39)24-18-25(21-35-20-24)32(40)38(26-12-13-26)27-14-15-30-29(19-27)37(16-9-17-42-4)33(41)34(2,3)44-30/h14-15,19,23-26,28,35H,5-13,16-18,20-22H2,1-4H3,(H,36,39)/t24-,25+,28-/m0/s1. The van der Waals surface area contributed by atoms with E-state index in [4.69, 9.17) is 14.2 Å². The number of amides is 3. The molecule has 2 aliphatic heterocycles. The van der Waals surface area contributed by atoms with Crippen LogP contribution in [0.2, 0.25) is 0 Å². The second-order valence-corrected chi connectivity index (χ2v) is 13.5. The number of rotatable bonds is 13. The zero-order chi connectivity index (χ0) is 31.3. The molecule has 1 saturated heterocycles. The van der Waals surface area contributed by atoms with Crippen LogP contribution in [0.1, 0.15) is 78.6 Å². The Balaban J connectivity index is 1.30. The van der Waals surface area contributed by atoms with Crippen LogP contribution < -0.4 is 25.2 Å². The molecule has 10 heteroatoms. The minimum absolute atomic E-state index is 0.0130. The van der Waals surface area contributed by atoms with Crippen LogP contribution in [0.3, 0.4) is 0 Å². The lowest BCUT2D eigenvalue weighted by Crippen LogP contribution is -2.53. The summed E-state index contributed by atoms with van der Waals surface area (Å²) in [7, 11) is 1.65. The van der Waals surface area contributed by atoms with E-state index in [0.717, 1.165) is 31.4 Å². The number of anilines is 2. The third kappa shape index (κ3) is 7.57. The molecule has 244 valence electrons. The van der Waals surface area contributed by atoms with Crippen LogP contribution in [0, 0.1) is 17.8 Å². The lowest BCUT2D eigenvalue weighted by Gasteiger charge is -2.40. The average Bonchev–Trinajstić information content (AvgIpc) is 3.87. The maximum Gasteiger partial charge on any atom is 0.270 e. The fourth-order valence-electron chi connectivity index (χ4n) is 7.05. The zero-order valence-electron chi connectivity index (χ0n) is 27.1. The topological polar surface area (TPSA) is 109 Å². The minimum atomic E-state index is -0.977. The molecule has 5 rings (SSSR count). The van der Waals surface area contributed by atoms with E-state index in [1.165, 1.54) is 19.3 Å². The Bertz CT molecular complexity index is 1160. The molecule has 2 N–H and O–H groups in total. The number of fused-ring (bicyclic) bond motifs is 1. The van der Waals surface area contributed by atoms with Crippen LogP contribution in [0.15, 0.2) is 18.2 Å². The van der Waals surface area contributed by atoms with E-state index in [1.54, 1.807) is 25.9 Å². The van der Waals surface area contributed by atoms with Gasteiger partial charge in [0.05, 0.1) is 30.2 Å². The number of methoxy groups -OCH3 is 1. The summed E-state index contributed by atoms with van der Waals surface area (Å²) in [6, 6.07) is 5.87. The number of hydrogen-bond donors (Lipinski definition) is 2. The van der Waals surface area contributed by atoms with Gasteiger partial charge in [-0.05, 0) is 83.4 Å². The summed E-state index contributed by atoms with van der Waals surface area (Å²) < 4.78 is 17.1. The van der Waals surface area contributed by atoms with Crippen LogP contribution in [-0.4, -0.2) is 82.0 Å². The SMILES string of the molecule is CCOC[C@H](NC(=O)[C@@H]1CNC[C@H](C(=O)N(c2ccc3c(c2)N(CCCOC)C(=O)C(C)(C)O3)C2CC2)C1)C1CCCCC1. The lowest BCUT2D eigenvalue weighted by molar-refractivity contribution is -0.132.